The van der Waals surface area contributed by atoms with Crippen LogP contribution >= 0.6 is 0 Å². The Morgan fingerprint density at radius 3 is 2.52 bits per heavy atom. The SMILES string of the molecule is COc1cc(C(=O)NC2CCN(CC(C)C)CC2)ccc1Nc1ncc(C(F)(F)F)c(NCc2ccc(C)cc2N(C)S(C)=O)n1. The summed E-state index contributed by atoms with van der Waals surface area (Å²) in [6.45, 7) is 9.16. The monoisotopic (exact) mass is 661 g/mol. The van der Waals surface area contributed by atoms with Gasteiger partial charge in [-0.05, 0) is 61.1 Å². The molecule has 3 aromatic rings. The van der Waals surface area contributed by atoms with Gasteiger partial charge in [0.15, 0.2) is 0 Å². The molecule has 1 atom stereocenters. The molecule has 250 valence electrons. The summed E-state index contributed by atoms with van der Waals surface area (Å²) in [5.41, 5.74) is 1.92. The van der Waals surface area contributed by atoms with E-state index in [1.54, 1.807) is 35.6 Å². The van der Waals surface area contributed by atoms with E-state index in [4.69, 9.17) is 4.74 Å². The highest BCUT2D eigenvalue weighted by atomic mass is 32.2. The van der Waals surface area contributed by atoms with E-state index in [2.05, 4.69) is 44.7 Å². The van der Waals surface area contributed by atoms with Crippen molar-refractivity contribution in [3.8, 4) is 5.75 Å². The first-order valence-corrected chi connectivity index (χ1v) is 16.6. The molecular formula is C32H42F3N7O3S. The van der Waals surface area contributed by atoms with Crippen LogP contribution in [0.1, 0.15) is 53.7 Å². The zero-order valence-corrected chi connectivity index (χ0v) is 27.8. The van der Waals surface area contributed by atoms with Crippen LogP contribution in [0.5, 0.6) is 5.75 Å². The Balaban J connectivity index is 1.50. The number of ether oxygens (including phenoxy) is 1. The smallest absolute Gasteiger partial charge is 0.421 e. The van der Waals surface area contributed by atoms with Crippen molar-refractivity contribution < 1.29 is 26.9 Å². The molecule has 14 heteroatoms. The van der Waals surface area contributed by atoms with Crippen molar-refractivity contribution in [1.29, 1.82) is 0 Å². The summed E-state index contributed by atoms with van der Waals surface area (Å²) in [4.78, 5) is 23.5. The van der Waals surface area contributed by atoms with Gasteiger partial charge in [0.1, 0.15) is 28.1 Å². The predicted octanol–water partition coefficient (Wildman–Crippen LogP) is 5.75. The summed E-state index contributed by atoms with van der Waals surface area (Å²) < 4.78 is 61.0. The van der Waals surface area contributed by atoms with Crippen LogP contribution in [-0.2, 0) is 23.7 Å². The average molecular weight is 662 g/mol. The third-order valence-electron chi connectivity index (χ3n) is 7.76. The molecule has 1 unspecified atom stereocenters. The third-order valence-corrected chi connectivity index (χ3v) is 8.73. The van der Waals surface area contributed by atoms with E-state index in [-0.39, 0.29) is 24.4 Å². The molecule has 46 heavy (non-hydrogen) atoms. The number of piperidine rings is 1. The van der Waals surface area contributed by atoms with Gasteiger partial charge < -0.3 is 25.6 Å². The first kappa shape index (κ1) is 35.0. The summed E-state index contributed by atoms with van der Waals surface area (Å²) in [6.07, 6.45) is -0.735. The molecule has 0 saturated carbocycles. The molecule has 0 spiro atoms. The Morgan fingerprint density at radius 1 is 1.17 bits per heavy atom. The molecule has 0 bridgehead atoms. The maximum absolute atomic E-state index is 13.9. The van der Waals surface area contributed by atoms with Gasteiger partial charge in [0.05, 0.1) is 18.5 Å². The number of anilines is 4. The van der Waals surface area contributed by atoms with Gasteiger partial charge in [0.25, 0.3) is 5.91 Å². The van der Waals surface area contributed by atoms with E-state index in [9.17, 15) is 22.2 Å². The van der Waals surface area contributed by atoms with Gasteiger partial charge >= 0.3 is 6.18 Å². The van der Waals surface area contributed by atoms with Gasteiger partial charge in [-0.2, -0.15) is 18.2 Å². The minimum absolute atomic E-state index is 0.0133. The van der Waals surface area contributed by atoms with E-state index >= 15 is 0 Å². The maximum atomic E-state index is 13.9. The van der Waals surface area contributed by atoms with Crippen molar-refractivity contribution in [2.75, 3.05) is 55.0 Å². The second-order valence-electron chi connectivity index (χ2n) is 11.8. The summed E-state index contributed by atoms with van der Waals surface area (Å²) in [7, 11) is 1.76. The number of carbonyl (C=O) groups excluding carboxylic acids is 1. The number of likely N-dealkylation sites (tertiary alicyclic amines) is 1. The van der Waals surface area contributed by atoms with E-state index in [0.717, 1.165) is 38.0 Å². The number of aryl methyl sites for hydroxylation is 1. The number of aromatic nitrogens is 2. The van der Waals surface area contributed by atoms with E-state index < -0.39 is 28.5 Å². The highest BCUT2D eigenvalue weighted by Gasteiger charge is 2.35. The van der Waals surface area contributed by atoms with Crippen molar-refractivity contribution in [3.05, 3.63) is 64.8 Å². The number of nitrogens with one attached hydrogen (secondary N) is 3. The van der Waals surface area contributed by atoms with E-state index in [1.165, 1.54) is 13.4 Å². The van der Waals surface area contributed by atoms with Crippen molar-refractivity contribution >= 4 is 40.0 Å². The van der Waals surface area contributed by atoms with Crippen molar-refractivity contribution in [1.82, 2.24) is 20.2 Å². The molecule has 2 aromatic carbocycles. The van der Waals surface area contributed by atoms with Crippen LogP contribution in [0.3, 0.4) is 0 Å². The van der Waals surface area contributed by atoms with Gasteiger partial charge in [-0.1, -0.05) is 26.0 Å². The molecule has 1 aromatic heterocycles. The highest BCUT2D eigenvalue weighted by Crippen LogP contribution is 2.35. The van der Waals surface area contributed by atoms with E-state index in [0.29, 0.717) is 40.4 Å². The molecular weight excluding hydrogens is 619 g/mol. The molecule has 3 N–H and O–H groups in total. The fourth-order valence-electron chi connectivity index (χ4n) is 5.32. The number of hydrogen-bond donors (Lipinski definition) is 3. The Kier molecular flexibility index (Phi) is 11.5. The van der Waals surface area contributed by atoms with Crippen LogP contribution in [0.2, 0.25) is 0 Å². The summed E-state index contributed by atoms with van der Waals surface area (Å²) >= 11 is 0. The number of halogens is 3. The molecule has 0 radical (unpaired) electrons. The zero-order chi connectivity index (χ0) is 33.6. The fraction of sp³-hybridized carbons (Fsp3) is 0.469. The van der Waals surface area contributed by atoms with Crippen molar-refractivity contribution in [3.63, 3.8) is 0 Å². The molecule has 1 aliphatic heterocycles. The van der Waals surface area contributed by atoms with Gasteiger partial charge in [-0.15, -0.1) is 0 Å². The molecule has 1 amide bonds. The first-order chi connectivity index (χ1) is 21.7. The number of rotatable bonds is 12. The second-order valence-corrected chi connectivity index (χ2v) is 13.2. The minimum atomic E-state index is -4.71. The number of alkyl halides is 3. The van der Waals surface area contributed by atoms with Crippen LogP contribution in [0.25, 0.3) is 0 Å². The van der Waals surface area contributed by atoms with E-state index in [1.807, 2.05) is 19.1 Å². The van der Waals surface area contributed by atoms with Gasteiger partial charge in [-0.25, -0.2) is 9.19 Å². The minimum Gasteiger partial charge on any atom is -0.495 e. The Bertz CT molecular complexity index is 1550. The summed E-state index contributed by atoms with van der Waals surface area (Å²) in [6, 6.07) is 10.3. The van der Waals surface area contributed by atoms with Gasteiger partial charge in [0, 0.05) is 57.3 Å². The Morgan fingerprint density at radius 2 is 1.89 bits per heavy atom. The quantitative estimate of drug-likeness (QED) is 0.225. The number of hydrogen-bond acceptors (Lipinski definition) is 8. The van der Waals surface area contributed by atoms with Crippen LogP contribution in [0.15, 0.2) is 42.6 Å². The lowest BCUT2D eigenvalue weighted by atomic mass is 10.0. The normalized spacial score (nSPS) is 15.0. The molecule has 10 nitrogen and oxygen atoms in total. The predicted molar refractivity (Wildman–Crippen MR) is 176 cm³/mol. The molecule has 2 heterocycles. The topological polar surface area (TPSA) is 112 Å². The molecule has 1 aliphatic rings. The molecule has 4 rings (SSSR count). The van der Waals surface area contributed by atoms with Crippen LogP contribution < -0.4 is 25.0 Å². The van der Waals surface area contributed by atoms with Crippen LogP contribution in [0.4, 0.5) is 36.3 Å². The van der Waals surface area contributed by atoms with Gasteiger partial charge in [-0.3, -0.25) is 9.10 Å². The summed E-state index contributed by atoms with van der Waals surface area (Å²) in [5, 5.41) is 8.82. The number of nitrogens with zero attached hydrogens (tertiary/aromatic N) is 4. The number of methoxy groups -OCH3 is 1. The average Bonchev–Trinajstić information content (AvgIpc) is 3.00. The Labute approximate surface area is 270 Å². The van der Waals surface area contributed by atoms with Crippen molar-refractivity contribution in [2.24, 2.45) is 5.92 Å². The molecule has 0 aliphatic carbocycles. The lowest BCUT2D eigenvalue weighted by Crippen LogP contribution is -2.45. The zero-order valence-electron chi connectivity index (χ0n) is 27.0. The number of carbonyl (C=O) groups is 1. The lowest BCUT2D eigenvalue weighted by molar-refractivity contribution is -0.137. The molecule has 1 fully saturated rings. The maximum Gasteiger partial charge on any atom is 0.421 e. The standard InChI is InChI=1S/C32H42F3N7O3S/c1-20(2)19-42-13-11-24(12-14-42)38-30(43)22-9-10-26(28(16-22)45-5)39-31-37-18-25(32(33,34)35)29(40-31)36-17-23-8-7-21(3)15-27(23)41(4)46(6)44/h7-10,15-16,18,20,24H,11-14,17,19H2,1-6H3,(H,38,43)(H2,36,37,39,40). The van der Waals surface area contributed by atoms with Gasteiger partial charge in [0.2, 0.25) is 5.95 Å². The first-order valence-electron chi connectivity index (χ1n) is 15.1. The lowest BCUT2D eigenvalue weighted by Gasteiger charge is -2.33. The fourth-order valence-corrected chi connectivity index (χ4v) is 5.77. The van der Waals surface area contributed by atoms with Crippen LogP contribution in [-0.4, -0.2) is 71.1 Å². The number of amides is 1. The largest absolute Gasteiger partial charge is 0.495 e. The molecule has 1 saturated heterocycles. The van der Waals surface area contributed by atoms with Crippen molar-refractivity contribution in [2.45, 2.75) is 52.4 Å². The number of benzene rings is 2. The Hall–Kier alpha value is -3.91. The van der Waals surface area contributed by atoms with Crippen LogP contribution in [0, 0.1) is 12.8 Å². The summed E-state index contributed by atoms with van der Waals surface area (Å²) in [5.74, 6) is 0.145. The highest BCUT2D eigenvalue weighted by molar-refractivity contribution is 7.85. The second kappa shape index (κ2) is 15.1. The third kappa shape index (κ3) is 9.09.